The lowest BCUT2D eigenvalue weighted by Gasteiger charge is -2.15. The van der Waals surface area contributed by atoms with Crippen molar-refractivity contribution in [3.8, 4) is 0 Å². The molecule has 0 aliphatic rings. The molecule has 0 rings (SSSR count). The fraction of sp³-hybridized carbons (Fsp3) is 0.923. The van der Waals surface area contributed by atoms with E-state index in [0.717, 1.165) is 32.1 Å². The summed E-state index contributed by atoms with van der Waals surface area (Å²) in [6, 6.07) is 0. The molecule has 0 aliphatic heterocycles. The van der Waals surface area contributed by atoms with E-state index in [1.54, 1.807) is 0 Å². The number of aliphatic hydroxyl groups is 1. The lowest BCUT2D eigenvalue weighted by atomic mass is 10.0. The molecule has 0 saturated carbocycles. The van der Waals surface area contributed by atoms with E-state index in [1.165, 1.54) is 231 Å². The van der Waals surface area contributed by atoms with Crippen LogP contribution in [0.3, 0.4) is 0 Å². The van der Waals surface area contributed by atoms with Crippen molar-refractivity contribution in [1.82, 2.24) is 0 Å². The van der Waals surface area contributed by atoms with Gasteiger partial charge >= 0.3 is 11.9 Å². The lowest BCUT2D eigenvalue weighted by Crippen LogP contribution is -2.28. The molecular weight excluding hydrogens is 705 g/mol. The van der Waals surface area contributed by atoms with Gasteiger partial charge in [-0.05, 0) is 38.5 Å². The van der Waals surface area contributed by atoms with Crippen molar-refractivity contribution in [3.63, 3.8) is 0 Å². The number of rotatable bonds is 48. The molecule has 0 fully saturated rings. The molecule has 0 aliphatic carbocycles. The van der Waals surface area contributed by atoms with Gasteiger partial charge in [0.2, 0.25) is 0 Å². The SMILES string of the molecule is CCCCCCCCCC/C=C\CCCCCCCCCCCCCCCCCC(=O)OC(CO)COC(=O)CCCCCCCCCCCCCCCCCC. The summed E-state index contributed by atoms with van der Waals surface area (Å²) in [7, 11) is 0. The summed E-state index contributed by atoms with van der Waals surface area (Å²) >= 11 is 0. The molecule has 1 N–H and O–H groups in total. The fourth-order valence-electron chi connectivity index (χ4n) is 7.91. The molecule has 0 spiro atoms. The number of hydrogen-bond acceptors (Lipinski definition) is 5. The maximum absolute atomic E-state index is 12.3. The highest BCUT2D eigenvalue weighted by atomic mass is 16.6. The van der Waals surface area contributed by atoms with Crippen LogP contribution in [0.5, 0.6) is 0 Å². The van der Waals surface area contributed by atoms with E-state index in [2.05, 4.69) is 26.0 Å². The van der Waals surface area contributed by atoms with Gasteiger partial charge in [0.05, 0.1) is 6.61 Å². The molecule has 338 valence electrons. The molecule has 0 amide bonds. The van der Waals surface area contributed by atoms with Gasteiger partial charge in [0.1, 0.15) is 6.61 Å². The number of esters is 2. The summed E-state index contributed by atoms with van der Waals surface area (Å²) in [5.41, 5.74) is 0. The third-order valence-corrected chi connectivity index (χ3v) is 11.8. The van der Waals surface area contributed by atoms with E-state index in [-0.39, 0.29) is 25.2 Å². The van der Waals surface area contributed by atoms with Crippen molar-refractivity contribution in [2.45, 2.75) is 296 Å². The number of ether oxygens (including phenoxy) is 2. The van der Waals surface area contributed by atoms with Gasteiger partial charge in [-0.25, -0.2) is 0 Å². The Morgan fingerprint density at radius 1 is 0.386 bits per heavy atom. The molecule has 0 bridgehead atoms. The minimum atomic E-state index is -0.765. The third-order valence-electron chi connectivity index (χ3n) is 11.8. The largest absolute Gasteiger partial charge is 0.462 e. The molecule has 0 aromatic heterocycles. The van der Waals surface area contributed by atoms with Crippen LogP contribution in [-0.2, 0) is 19.1 Å². The molecule has 1 unspecified atom stereocenters. The van der Waals surface area contributed by atoms with E-state index in [0.29, 0.717) is 12.8 Å². The highest BCUT2D eigenvalue weighted by Gasteiger charge is 2.16. The summed E-state index contributed by atoms with van der Waals surface area (Å²) in [6.07, 6.45) is 58.8. The Balaban J connectivity index is 3.42. The molecule has 0 radical (unpaired) electrons. The predicted molar refractivity (Wildman–Crippen MR) is 247 cm³/mol. The molecular formula is C52H100O5. The summed E-state index contributed by atoms with van der Waals surface area (Å²) < 4.78 is 10.7. The van der Waals surface area contributed by atoms with E-state index in [1.807, 2.05) is 0 Å². The number of aliphatic hydroxyl groups excluding tert-OH is 1. The first-order valence-corrected chi connectivity index (χ1v) is 25.7. The zero-order valence-electron chi connectivity index (χ0n) is 38.6. The fourth-order valence-corrected chi connectivity index (χ4v) is 7.91. The van der Waals surface area contributed by atoms with Crippen LogP contribution in [0.2, 0.25) is 0 Å². The maximum Gasteiger partial charge on any atom is 0.306 e. The number of carbonyl (C=O) groups excluding carboxylic acids is 2. The Bertz CT molecular complexity index is 825. The Hall–Kier alpha value is -1.36. The molecule has 0 heterocycles. The highest BCUT2D eigenvalue weighted by molar-refractivity contribution is 5.70. The van der Waals surface area contributed by atoms with Gasteiger partial charge in [0, 0.05) is 12.8 Å². The van der Waals surface area contributed by atoms with Crippen LogP contribution >= 0.6 is 0 Å². The van der Waals surface area contributed by atoms with Crippen LogP contribution in [-0.4, -0.2) is 36.4 Å². The molecule has 0 aromatic rings. The first kappa shape index (κ1) is 55.6. The topological polar surface area (TPSA) is 72.8 Å². The van der Waals surface area contributed by atoms with Gasteiger partial charge in [-0.1, -0.05) is 251 Å². The summed E-state index contributed by atoms with van der Waals surface area (Å²) in [5.74, 6) is -0.571. The van der Waals surface area contributed by atoms with Crippen LogP contribution < -0.4 is 0 Å². The van der Waals surface area contributed by atoms with Gasteiger partial charge in [-0.15, -0.1) is 0 Å². The zero-order chi connectivity index (χ0) is 41.4. The van der Waals surface area contributed by atoms with Gasteiger partial charge in [-0.3, -0.25) is 9.59 Å². The molecule has 0 aromatic carbocycles. The summed E-state index contributed by atoms with van der Waals surface area (Å²) in [4.78, 5) is 24.4. The smallest absolute Gasteiger partial charge is 0.306 e. The molecule has 5 nitrogen and oxygen atoms in total. The summed E-state index contributed by atoms with van der Waals surface area (Å²) in [6.45, 7) is 4.18. The first-order chi connectivity index (χ1) is 28.1. The molecule has 57 heavy (non-hydrogen) atoms. The Kier molecular flexibility index (Phi) is 47.8. The second-order valence-electron chi connectivity index (χ2n) is 17.6. The summed E-state index contributed by atoms with van der Waals surface area (Å²) in [5, 5.41) is 9.62. The van der Waals surface area contributed by atoms with Gasteiger partial charge in [0.15, 0.2) is 6.10 Å². The van der Waals surface area contributed by atoms with E-state index < -0.39 is 6.10 Å². The van der Waals surface area contributed by atoms with Crippen LogP contribution in [0.4, 0.5) is 0 Å². The molecule has 0 saturated heterocycles. The van der Waals surface area contributed by atoms with Crippen molar-refractivity contribution in [3.05, 3.63) is 12.2 Å². The Morgan fingerprint density at radius 3 is 0.947 bits per heavy atom. The lowest BCUT2D eigenvalue weighted by molar-refractivity contribution is -0.161. The number of allylic oxidation sites excluding steroid dienone is 2. The van der Waals surface area contributed by atoms with Crippen molar-refractivity contribution in [1.29, 1.82) is 0 Å². The van der Waals surface area contributed by atoms with Crippen molar-refractivity contribution < 1.29 is 24.2 Å². The minimum Gasteiger partial charge on any atom is -0.462 e. The van der Waals surface area contributed by atoms with Crippen molar-refractivity contribution in [2.75, 3.05) is 13.2 Å². The second kappa shape index (κ2) is 49.0. The normalized spacial score (nSPS) is 12.1. The first-order valence-electron chi connectivity index (χ1n) is 25.7. The van der Waals surface area contributed by atoms with Crippen LogP contribution in [0.15, 0.2) is 12.2 Å². The minimum absolute atomic E-state index is 0.0581. The van der Waals surface area contributed by atoms with Gasteiger partial charge < -0.3 is 14.6 Å². The predicted octanol–water partition coefficient (Wildman–Crippen LogP) is 16.8. The molecule has 5 heteroatoms. The van der Waals surface area contributed by atoms with E-state index in [9.17, 15) is 14.7 Å². The van der Waals surface area contributed by atoms with E-state index in [4.69, 9.17) is 9.47 Å². The Morgan fingerprint density at radius 2 is 0.649 bits per heavy atom. The monoisotopic (exact) mass is 805 g/mol. The van der Waals surface area contributed by atoms with Gasteiger partial charge in [0.25, 0.3) is 0 Å². The molecule has 1 atom stereocenters. The van der Waals surface area contributed by atoms with Crippen LogP contribution in [0.25, 0.3) is 0 Å². The van der Waals surface area contributed by atoms with Crippen LogP contribution in [0, 0.1) is 0 Å². The number of carbonyl (C=O) groups is 2. The zero-order valence-corrected chi connectivity index (χ0v) is 38.6. The highest BCUT2D eigenvalue weighted by Crippen LogP contribution is 2.17. The van der Waals surface area contributed by atoms with Crippen molar-refractivity contribution in [2.24, 2.45) is 0 Å². The van der Waals surface area contributed by atoms with E-state index >= 15 is 0 Å². The quantitative estimate of drug-likeness (QED) is 0.0377. The maximum atomic E-state index is 12.3. The average Bonchev–Trinajstić information content (AvgIpc) is 3.21. The standard InChI is InChI=1S/C52H100O5/c1-3-5-7-9-11-13-15-17-19-21-22-23-24-25-26-27-28-29-30-31-33-35-37-39-41-43-45-47-52(55)57-50(48-53)49-56-51(54)46-44-42-40-38-36-34-32-20-18-16-14-12-10-8-6-4-2/h21-22,50,53H,3-20,23-49H2,1-2H3/b22-21-. The average molecular weight is 805 g/mol. The number of unbranched alkanes of at least 4 members (excludes halogenated alkanes) is 38. The number of hydrogen-bond donors (Lipinski definition) is 1. The second-order valence-corrected chi connectivity index (χ2v) is 17.6. The van der Waals surface area contributed by atoms with Crippen molar-refractivity contribution >= 4 is 11.9 Å². The third kappa shape index (κ3) is 47.2. The Labute approximate surface area is 356 Å². The van der Waals surface area contributed by atoms with Gasteiger partial charge in [-0.2, -0.15) is 0 Å². The van der Waals surface area contributed by atoms with Crippen LogP contribution in [0.1, 0.15) is 290 Å².